The van der Waals surface area contributed by atoms with E-state index in [1.807, 2.05) is 55.8 Å². The first-order valence-electron chi connectivity index (χ1n) is 10.3. The second-order valence-electron chi connectivity index (χ2n) is 7.68. The van der Waals surface area contributed by atoms with Crippen LogP contribution in [0, 0.1) is 5.92 Å². The lowest BCUT2D eigenvalue weighted by Crippen LogP contribution is -2.15. The molecule has 30 heavy (non-hydrogen) atoms. The monoisotopic (exact) mass is 404 g/mol. The van der Waals surface area contributed by atoms with Gasteiger partial charge in [0, 0.05) is 17.8 Å². The standard InChI is InChI=1S/C24H28N4O2/c1-4-22-21(15-25-28(22)16-18-8-6-5-7-9-18)24(30)27-20-12-10-19(11-13-20)26-23(29)14-17(2)3/h5-13,15,17H,4,14,16H2,1-3H3,(H,26,29)(H,27,30). The first-order valence-corrected chi connectivity index (χ1v) is 10.3. The number of aromatic nitrogens is 2. The molecule has 0 atom stereocenters. The van der Waals surface area contributed by atoms with Crippen LogP contribution in [0.3, 0.4) is 0 Å². The number of nitrogens with one attached hydrogen (secondary N) is 2. The number of hydrogen-bond acceptors (Lipinski definition) is 3. The fourth-order valence-electron chi connectivity index (χ4n) is 3.28. The number of benzene rings is 2. The van der Waals surface area contributed by atoms with Crippen LogP contribution in [0.15, 0.2) is 60.8 Å². The van der Waals surface area contributed by atoms with Gasteiger partial charge in [-0.3, -0.25) is 14.3 Å². The summed E-state index contributed by atoms with van der Waals surface area (Å²) in [6, 6.07) is 17.2. The summed E-state index contributed by atoms with van der Waals surface area (Å²) in [6.07, 6.45) is 2.80. The van der Waals surface area contributed by atoms with Crippen LogP contribution in [0.2, 0.25) is 0 Å². The fourth-order valence-corrected chi connectivity index (χ4v) is 3.28. The minimum atomic E-state index is -0.192. The van der Waals surface area contributed by atoms with Gasteiger partial charge >= 0.3 is 0 Å². The second-order valence-corrected chi connectivity index (χ2v) is 7.68. The van der Waals surface area contributed by atoms with E-state index in [0.717, 1.165) is 11.3 Å². The van der Waals surface area contributed by atoms with Crippen molar-refractivity contribution in [3.63, 3.8) is 0 Å². The summed E-state index contributed by atoms with van der Waals surface area (Å²) < 4.78 is 1.87. The third-order valence-electron chi connectivity index (χ3n) is 4.72. The molecule has 2 N–H and O–H groups in total. The van der Waals surface area contributed by atoms with Crippen LogP contribution in [0.25, 0.3) is 0 Å². The molecule has 1 aromatic heterocycles. The summed E-state index contributed by atoms with van der Waals surface area (Å²) >= 11 is 0. The normalized spacial score (nSPS) is 10.8. The molecule has 2 aromatic carbocycles. The Kier molecular flexibility index (Phi) is 7.01. The maximum atomic E-state index is 12.8. The van der Waals surface area contributed by atoms with E-state index in [0.29, 0.717) is 42.2 Å². The van der Waals surface area contributed by atoms with E-state index in [4.69, 9.17) is 0 Å². The lowest BCUT2D eigenvalue weighted by Gasteiger charge is -2.10. The van der Waals surface area contributed by atoms with Gasteiger partial charge in [0.05, 0.1) is 24.0 Å². The molecule has 0 aliphatic heterocycles. The Bertz CT molecular complexity index is 992. The smallest absolute Gasteiger partial charge is 0.259 e. The Morgan fingerprint density at radius 2 is 1.60 bits per heavy atom. The molecule has 0 unspecified atom stereocenters. The maximum absolute atomic E-state index is 12.8. The molecule has 0 bridgehead atoms. The van der Waals surface area contributed by atoms with Gasteiger partial charge in [0.1, 0.15) is 0 Å². The number of amides is 2. The van der Waals surface area contributed by atoms with Crippen LogP contribution in [0.5, 0.6) is 0 Å². The van der Waals surface area contributed by atoms with E-state index in [-0.39, 0.29) is 11.8 Å². The van der Waals surface area contributed by atoms with Crippen molar-refractivity contribution in [2.45, 2.75) is 40.2 Å². The molecule has 6 nitrogen and oxygen atoms in total. The van der Waals surface area contributed by atoms with Gasteiger partial charge in [0.2, 0.25) is 5.91 Å². The Labute approximate surface area is 177 Å². The second kappa shape index (κ2) is 9.87. The van der Waals surface area contributed by atoms with Crippen LogP contribution < -0.4 is 10.6 Å². The molecular weight excluding hydrogens is 376 g/mol. The van der Waals surface area contributed by atoms with Crippen molar-refractivity contribution in [2.75, 3.05) is 10.6 Å². The predicted octanol–water partition coefficient (Wildman–Crippen LogP) is 4.73. The predicted molar refractivity (Wildman–Crippen MR) is 120 cm³/mol. The minimum Gasteiger partial charge on any atom is -0.326 e. The maximum Gasteiger partial charge on any atom is 0.259 e. The van der Waals surface area contributed by atoms with E-state index in [1.54, 1.807) is 30.5 Å². The molecule has 1 heterocycles. The van der Waals surface area contributed by atoms with Gasteiger partial charge in [-0.2, -0.15) is 5.10 Å². The van der Waals surface area contributed by atoms with Crippen molar-refractivity contribution >= 4 is 23.2 Å². The Morgan fingerprint density at radius 3 is 2.20 bits per heavy atom. The van der Waals surface area contributed by atoms with Crippen LogP contribution in [0.4, 0.5) is 11.4 Å². The Hall–Kier alpha value is -3.41. The zero-order chi connectivity index (χ0) is 21.5. The molecule has 0 aliphatic rings. The van der Waals surface area contributed by atoms with Crippen molar-refractivity contribution in [1.82, 2.24) is 9.78 Å². The molecule has 2 amide bonds. The van der Waals surface area contributed by atoms with Crippen LogP contribution in [-0.2, 0) is 17.8 Å². The number of rotatable bonds is 8. The average molecular weight is 405 g/mol. The fraction of sp³-hybridized carbons (Fsp3) is 0.292. The highest BCUT2D eigenvalue weighted by Gasteiger charge is 2.16. The highest BCUT2D eigenvalue weighted by atomic mass is 16.2. The number of anilines is 2. The van der Waals surface area contributed by atoms with E-state index < -0.39 is 0 Å². The third kappa shape index (κ3) is 5.56. The van der Waals surface area contributed by atoms with Crippen molar-refractivity contribution in [3.8, 4) is 0 Å². The highest BCUT2D eigenvalue weighted by molar-refractivity contribution is 6.05. The van der Waals surface area contributed by atoms with E-state index in [2.05, 4.69) is 15.7 Å². The summed E-state index contributed by atoms with van der Waals surface area (Å²) in [6.45, 7) is 6.65. The van der Waals surface area contributed by atoms with Gasteiger partial charge in [-0.25, -0.2) is 0 Å². The quantitative estimate of drug-likeness (QED) is 0.570. The molecule has 0 aliphatic carbocycles. The topological polar surface area (TPSA) is 76.0 Å². The third-order valence-corrected chi connectivity index (χ3v) is 4.72. The lowest BCUT2D eigenvalue weighted by atomic mass is 10.1. The first kappa shape index (κ1) is 21.3. The molecule has 0 spiro atoms. The van der Waals surface area contributed by atoms with Crippen LogP contribution in [-0.4, -0.2) is 21.6 Å². The summed E-state index contributed by atoms with van der Waals surface area (Å²) in [7, 11) is 0. The van der Waals surface area contributed by atoms with Crippen molar-refractivity contribution in [3.05, 3.63) is 77.6 Å². The van der Waals surface area contributed by atoms with Crippen molar-refractivity contribution in [1.29, 1.82) is 0 Å². The number of carbonyl (C=O) groups excluding carboxylic acids is 2. The van der Waals surface area contributed by atoms with Gasteiger partial charge < -0.3 is 10.6 Å². The number of nitrogens with zero attached hydrogens (tertiary/aromatic N) is 2. The van der Waals surface area contributed by atoms with Gasteiger partial charge in [-0.05, 0) is 42.2 Å². The Balaban J connectivity index is 1.66. The first-order chi connectivity index (χ1) is 14.5. The van der Waals surface area contributed by atoms with Crippen LogP contribution in [0.1, 0.15) is 48.8 Å². The van der Waals surface area contributed by atoms with Crippen molar-refractivity contribution in [2.24, 2.45) is 5.92 Å². The highest BCUT2D eigenvalue weighted by Crippen LogP contribution is 2.18. The molecular formula is C24H28N4O2. The summed E-state index contributed by atoms with van der Waals surface area (Å²) in [5.41, 5.74) is 3.98. The zero-order valence-corrected chi connectivity index (χ0v) is 17.7. The molecule has 0 radical (unpaired) electrons. The largest absolute Gasteiger partial charge is 0.326 e. The minimum absolute atomic E-state index is 0.0137. The lowest BCUT2D eigenvalue weighted by molar-refractivity contribution is -0.116. The molecule has 0 saturated carbocycles. The molecule has 6 heteroatoms. The van der Waals surface area contributed by atoms with Gasteiger partial charge in [-0.15, -0.1) is 0 Å². The molecule has 3 rings (SSSR count). The summed E-state index contributed by atoms with van der Waals surface area (Å²) in [5, 5.41) is 10.2. The number of hydrogen-bond donors (Lipinski definition) is 2. The van der Waals surface area contributed by atoms with Gasteiger partial charge in [0.25, 0.3) is 5.91 Å². The Morgan fingerprint density at radius 1 is 0.967 bits per heavy atom. The number of carbonyl (C=O) groups is 2. The van der Waals surface area contributed by atoms with Gasteiger partial charge in [-0.1, -0.05) is 51.1 Å². The molecule has 0 fully saturated rings. The van der Waals surface area contributed by atoms with E-state index in [1.165, 1.54) is 0 Å². The summed E-state index contributed by atoms with van der Waals surface area (Å²) in [5.74, 6) is 0.0992. The zero-order valence-electron chi connectivity index (χ0n) is 17.7. The van der Waals surface area contributed by atoms with E-state index >= 15 is 0 Å². The molecule has 156 valence electrons. The summed E-state index contributed by atoms with van der Waals surface area (Å²) in [4.78, 5) is 24.7. The van der Waals surface area contributed by atoms with Gasteiger partial charge in [0.15, 0.2) is 0 Å². The SMILES string of the molecule is CCc1c(C(=O)Nc2ccc(NC(=O)CC(C)C)cc2)cnn1Cc1ccccc1. The molecule has 0 saturated heterocycles. The van der Waals surface area contributed by atoms with Crippen molar-refractivity contribution < 1.29 is 9.59 Å². The molecule has 3 aromatic rings. The van der Waals surface area contributed by atoms with Crippen LogP contribution >= 0.6 is 0 Å². The van der Waals surface area contributed by atoms with E-state index in [9.17, 15) is 9.59 Å². The average Bonchev–Trinajstić information content (AvgIpc) is 3.12.